The number of nitrogens with one attached hydrogen (secondary N) is 2. The zero-order chi connectivity index (χ0) is 24.5. The van der Waals surface area contributed by atoms with Crippen LogP contribution in [0.4, 0.5) is 15.9 Å². The molecular weight excluding hydrogens is 451 g/mol. The van der Waals surface area contributed by atoms with Gasteiger partial charge in [-0.1, -0.05) is 24.3 Å². The number of carbonyl (C=O) groups excluding carboxylic acids is 1. The van der Waals surface area contributed by atoms with Crippen molar-refractivity contribution in [3.05, 3.63) is 112 Å². The van der Waals surface area contributed by atoms with E-state index < -0.39 is 16.6 Å². The van der Waals surface area contributed by atoms with E-state index in [1.54, 1.807) is 16.8 Å². The normalized spacial score (nSPS) is 11.0. The zero-order valence-electron chi connectivity index (χ0n) is 18.6. The molecule has 174 valence electrons. The number of hydrogen-bond donors (Lipinski definition) is 2. The number of aromatic amines is 1. The van der Waals surface area contributed by atoms with Gasteiger partial charge in [0.05, 0.1) is 17.0 Å². The van der Waals surface area contributed by atoms with Gasteiger partial charge in [-0.15, -0.1) is 9.67 Å². The molecule has 0 aliphatic carbocycles. The third-order valence-corrected chi connectivity index (χ3v) is 5.53. The van der Waals surface area contributed by atoms with E-state index >= 15 is 0 Å². The minimum Gasteiger partial charge on any atom is -0.258 e. The van der Waals surface area contributed by atoms with Gasteiger partial charge in [0, 0.05) is 23.9 Å². The van der Waals surface area contributed by atoms with Crippen molar-refractivity contribution in [2.75, 3.05) is 5.32 Å². The van der Waals surface area contributed by atoms with Crippen LogP contribution in [0.25, 0.3) is 17.0 Å². The molecule has 3 aromatic carbocycles. The lowest BCUT2D eigenvalue weighted by Gasteiger charge is -2.07. The highest BCUT2D eigenvalue weighted by atomic mass is 19.1. The lowest BCUT2D eigenvalue weighted by atomic mass is 10.2. The first-order valence-corrected chi connectivity index (χ1v) is 10.8. The van der Waals surface area contributed by atoms with E-state index in [1.165, 1.54) is 36.4 Å². The van der Waals surface area contributed by atoms with Gasteiger partial charge in [0.1, 0.15) is 11.3 Å². The van der Waals surface area contributed by atoms with Crippen LogP contribution in [0, 0.1) is 22.9 Å². The number of imidazole rings is 1. The van der Waals surface area contributed by atoms with Crippen LogP contribution in [0.15, 0.2) is 78.9 Å². The molecule has 9 nitrogen and oxygen atoms in total. The topological polar surface area (TPSA) is 110 Å². The molecule has 2 heterocycles. The van der Waals surface area contributed by atoms with Gasteiger partial charge in [-0.25, -0.2) is 8.96 Å². The summed E-state index contributed by atoms with van der Waals surface area (Å²) in [6.45, 7) is 2.16. The summed E-state index contributed by atoms with van der Waals surface area (Å²) in [6, 6.07) is 21.0. The van der Waals surface area contributed by atoms with Gasteiger partial charge in [-0.2, -0.15) is 0 Å². The van der Waals surface area contributed by atoms with E-state index in [9.17, 15) is 19.3 Å². The van der Waals surface area contributed by atoms with Gasteiger partial charge in [0.25, 0.3) is 11.6 Å². The molecule has 5 rings (SSSR count). The van der Waals surface area contributed by atoms with Gasteiger partial charge in [-0.3, -0.25) is 25.3 Å². The van der Waals surface area contributed by atoms with E-state index in [0.717, 1.165) is 22.3 Å². The molecule has 0 aliphatic rings. The minimum absolute atomic E-state index is 0.00379. The van der Waals surface area contributed by atoms with E-state index in [0.29, 0.717) is 23.9 Å². The van der Waals surface area contributed by atoms with Crippen LogP contribution in [0.2, 0.25) is 0 Å². The number of halogens is 1. The number of amides is 1. The Balaban J connectivity index is 1.58. The summed E-state index contributed by atoms with van der Waals surface area (Å²) < 4.78 is 16.8. The summed E-state index contributed by atoms with van der Waals surface area (Å²) in [4.78, 5) is 28.4. The Bertz CT molecular complexity index is 1570. The van der Waals surface area contributed by atoms with Gasteiger partial charge in [-0.05, 0) is 48.9 Å². The number of nitro groups is 1. The van der Waals surface area contributed by atoms with E-state index in [-0.39, 0.29) is 5.69 Å². The minimum atomic E-state index is -0.428. The fraction of sp³-hybridized carbons (Fsp3) is 0.0800. The summed E-state index contributed by atoms with van der Waals surface area (Å²) in [5, 5.41) is 17.3. The molecule has 0 saturated carbocycles. The number of fused-ring (bicyclic) bond motifs is 1. The van der Waals surface area contributed by atoms with Crippen molar-refractivity contribution >= 4 is 28.4 Å². The maximum Gasteiger partial charge on any atom is 0.377 e. The SMILES string of the molecule is Cc1cc(NC(=O)c2ccc(F)cc2)[n+](-c2nc3ccccc3n2Cc2cccc([N+](=O)[O-])c2)[nH]1. The van der Waals surface area contributed by atoms with Crippen molar-refractivity contribution in [3.63, 3.8) is 0 Å². The molecule has 2 N–H and O–H groups in total. The second-order valence-electron chi connectivity index (χ2n) is 8.03. The average Bonchev–Trinajstić information content (AvgIpc) is 3.39. The molecular formula is C25H20FN6O3+. The van der Waals surface area contributed by atoms with Crippen LogP contribution in [-0.4, -0.2) is 25.5 Å². The first-order valence-electron chi connectivity index (χ1n) is 10.8. The fourth-order valence-corrected chi connectivity index (χ4v) is 3.92. The smallest absolute Gasteiger partial charge is 0.258 e. The number of non-ortho nitro benzene ring substituents is 1. The third kappa shape index (κ3) is 4.36. The van der Waals surface area contributed by atoms with Crippen LogP contribution in [0.1, 0.15) is 21.6 Å². The highest BCUT2D eigenvalue weighted by Gasteiger charge is 2.25. The number of benzene rings is 3. The molecule has 5 aromatic rings. The largest absolute Gasteiger partial charge is 0.377 e. The molecule has 0 radical (unpaired) electrons. The van der Waals surface area contributed by atoms with Crippen LogP contribution in [-0.2, 0) is 6.54 Å². The monoisotopic (exact) mass is 471 g/mol. The molecule has 10 heteroatoms. The Morgan fingerprint density at radius 2 is 1.89 bits per heavy atom. The number of para-hydroxylation sites is 2. The molecule has 0 bridgehead atoms. The lowest BCUT2D eigenvalue weighted by Crippen LogP contribution is -2.40. The predicted octanol–water partition coefficient (Wildman–Crippen LogP) is 4.30. The number of carbonyl (C=O) groups is 1. The van der Waals surface area contributed by atoms with Gasteiger partial charge in [0.2, 0.25) is 5.82 Å². The number of rotatable bonds is 6. The number of nitrogens with zero attached hydrogens (tertiary/aromatic N) is 4. The first-order chi connectivity index (χ1) is 16.9. The van der Waals surface area contributed by atoms with Crippen LogP contribution >= 0.6 is 0 Å². The van der Waals surface area contributed by atoms with Crippen molar-refractivity contribution in [1.29, 1.82) is 0 Å². The van der Waals surface area contributed by atoms with E-state index in [4.69, 9.17) is 4.98 Å². The van der Waals surface area contributed by atoms with Crippen molar-refractivity contribution in [2.24, 2.45) is 0 Å². The average molecular weight is 471 g/mol. The highest BCUT2D eigenvalue weighted by Crippen LogP contribution is 2.21. The van der Waals surface area contributed by atoms with Gasteiger partial charge in [0.15, 0.2) is 5.52 Å². The maximum atomic E-state index is 13.3. The predicted molar refractivity (Wildman–Crippen MR) is 127 cm³/mol. The van der Waals surface area contributed by atoms with Crippen LogP contribution < -0.4 is 10.00 Å². The Labute approximate surface area is 198 Å². The summed E-state index contributed by atoms with van der Waals surface area (Å²) in [6.07, 6.45) is 0. The molecule has 0 atom stereocenters. The summed E-state index contributed by atoms with van der Waals surface area (Å²) in [7, 11) is 0. The second-order valence-corrected chi connectivity index (χ2v) is 8.03. The maximum absolute atomic E-state index is 13.3. The molecule has 0 unspecified atom stereocenters. The number of aryl methyl sites for hydroxylation is 1. The van der Waals surface area contributed by atoms with Crippen molar-refractivity contribution < 1.29 is 18.8 Å². The molecule has 2 aromatic heterocycles. The number of H-pyrrole nitrogens is 1. The molecule has 35 heavy (non-hydrogen) atoms. The van der Waals surface area contributed by atoms with Crippen LogP contribution in [0.3, 0.4) is 0 Å². The van der Waals surface area contributed by atoms with E-state index in [2.05, 4.69) is 10.4 Å². The third-order valence-electron chi connectivity index (χ3n) is 5.53. The fourth-order valence-electron chi connectivity index (χ4n) is 3.92. The molecule has 0 spiro atoms. The molecule has 0 saturated heterocycles. The zero-order valence-corrected chi connectivity index (χ0v) is 18.6. The van der Waals surface area contributed by atoms with Crippen LogP contribution in [0.5, 0.6) is 0 Å². The van der Waals surface area contributed by atoms with E-state index in [1.807, 2.05) is 41.8 Å². The summed E-state index contributed by atoms with van der Waals surface area (Å²) in [5.74, 6) is 0.0932. The number of hydrogen-bond acceptors (Lipinski definition) is 4. The number of aromatic nitrogens is 4. The Hall–Kier alpha value is -4.86. The quantitative estimate of drug-likeness (QED) is 0.219. The number of anilines is 1. The molecule has 0 aliphatic heterocycles. The van der Waals surface area contributed by atoms with Gasteiger partial charge >= 0.3 is 5.95 Å². The summed E-state index contributed by atoms with van der Waals surface area (Å²) in [5.41, 5.74) is 3.36. The van der Waals surface area contributed by atoms with Crippen molar-refractivity contribution in [3.8, 4) is 5.95 Å². The first kappa shape index (κ1) is 22.0. The molecule has 1 amide bonds. The number of nitro benzene ring substituents is 1. The summed E-state index contributed by atoms with van der Waals surface area (Å²) >= 11 is 0. The Morgan fingerprint density at radius 3 is 2.66 bits per heavy atom. The second kappa shape index (κ2) is 8.82. The van der Waals surface area contributed by atoms with Gasteiger partial charge < -0.3 is 0 Å². The standard InChI is InChI=1S/C25H19FN6O3/c1-16-13-23(28-24(33)18-9-11-19(26)12-10-18)31(29-16)25-27-21-7-2-3-8-22(21)30(25)15-17-5-4-6-20(14-17)32(34)35/h2-14H,15H2,1H3,(H,28,29,33)/p+1. The molecule has 0 fully saturated rings. The highest BCUT2D eigenvalue weighted by molar-refractivity contribution is 6.03. The Morgan fingerprint density at radius 1 is 1.11 bits per heavy atom. The lowest BCUT2D eigenvalue weighted by molar-refractivity contribution is -0.650. The van der Waals surface area contributed by atoms with Crippen molar-refractivity contribution in [1.82, 2.24) is 14.6 Å². The Kier molecular flexibility index (Phi) is 5.54. The van der Waals surface area contributed by atoms with Crippen molar-refractivity contribution in [2.45, 2.75) is 13.5 Å².